The Hall–Kier alpha value is -1.38. The van der Waals surface area contributed by atoms with Crippen LogP contribution in [0.1, 0.15) is 6.92 Å². The Morgan fingerprint density at radius 2 is 2.05 bits per heavy atom. The van der Waals surface area contributed by atoms with Crippen molar-refractivity contribution >= 4 is 21.8 Å². The van der Waals surface area contributed by atoms with E-state index in [4.69, 9.17) is 0 Å². The fourth-order valence-corrected chi connectivity index (χ4v) is 3.60. The van der Waals surface area contributed by atoms with Crippen molar-refractivity contribution in [3.63, 3.8) is 0 Å². The third-order valence-corrected chi connectivity index (χ3v) is 5.18. The van der Waals surface area contributed by atoms with Crippen LogP contribution in [0, 0.1) is 0 Å². The van der Waals surface area contributed by atoms with Gasteiger partial charge < -0.3 is 4.57 Å². The van der Waals surface area contributed by atoms with Crippen molar-refractivity contribution in [1.82, 2.24) is 19.5 Å². The lowest BCUT2D eigenvalue weighted by atomic mass is 10.4. The van der Waals surface area contributed by atoms with Crippen LogP contribution < -0.4 is 4.72 Å². The van der Waals surface area contributed by atoms with Gasteiger partial charge in [-0.15, -0.1) is 10.2 Å². The number of thioether (sulfide) groups is 1. The molecule has 0 saturated heterocycles. The lowest BCUT2D eigenvalue weighted by Gasteiger charge is -2.12. The SMILES string of the molecule is C[C@@H](CNS(=O)(=O)c1ccccc1)Sc1nncn1C. The largest absolute Gasteiger partial charge is 0.312 e. The average molecular weight is 312 g/mol. The molecule has 1 atom stereocenters. The van der Waals surface area contributed by atoms with Crippen molar-refractivity contribution in [2.75, 3.05) is 6.54 Å². The highest BCUT2D eigenvalue weighted by Crippen LogP contribution is 2.19. The van der Waals surface area contributed by atoms with Crippen LogP contribution in [-0.2, 0) is 17.1 Å². The van der Waals surface area contributed by atoms with Crippen LogP contribution >= 0.6 is 11.8 Å². The van der Waals surface area contributed by atoms with E-state index in [0.717, 1.165) is 5.16 Å². The third-order valence-electron chi connectivity index (χ3n) is 2.59. The highest BCUT2D eigenvalue weighted by molar-refractivity contribution is 7.99. The molecule has 0 saturated carbocycles. The molecule has 0 spiro atoms. The summed E-state index contributed by atoms with van der Waals surface area (Å²) in [7, 11) is -1.60. The van der Waals surface area contributed by atoms with Crippen molar-refractivity contribution in [2.24, 2.45) is 7.05 Å². The van der Waals surface area contributed by atoms with Crippen molar-refractivity contribution in [3.05, 3.63) is 36.7 Å². The normalized spacial score (nSPS) is 13.3. The Morgan fingerprint density at radius 1 is 1.35 bits per heavy atom. The predicted molar refractivity (Wildman–Crippen MR) is 78.0 cm³/mol. The first-order chi connectivity index (χ1) is 9.49. The Labute approximate surface area is 122 Å². The molecular weight excluding hydrogens is 296 g/mol. The topological polar surface area (TPSA) is 76.9 Å². The number of rotatable bonds is 6. The highest BCUT2D eigenvalue weighted by Gasteiger charge is 2.16. The van der Waals surface area contributed by atoms with Gasteiger partial charge in [0, 0.05) is 18.8 Å². The minimum absolute atomic E-state index is 0.0522. The van der Waals surface area contributed by atoms with Crippen LogP contribution in [0.3, 0.4) is 0 Å². The van der Waals surface area contributed by atoms with Crippen LogP contribution in [0.4, 0.5) is 0 Å². The zero-order chi connectivity index (χ0) is 14.6. The molecule has 1 N–H and O–H groups in total. The fraction of sp³-hybridized carbons (Fsp3) is 0.333. The minimum Gasteiger partial charge on any atom is -0.312 e. The molecule has 0 unspecified atom stereocenters. The summed E-state index contributed by atoms with van der Waals surface area (Å²) in [5.74, 6) is 0. The standard InChI is InChI=1S/C12H16N4O2S2/c1-10(19-12-15-13-9-16(12)2)8-14-20(17,18)11-6-4-3-5-7-11/h3-7,9-10,14H,8H2,1-2H3/t10-/m0/s1. The maximum atomic E-state index is 12.1. The van der Waals surface area contributed by atoms with Gasteiger partial charge in [0.1, 0.15) is 6.33 Å². The first-order valence-corrected chi connectivity index (χ1v) is 8.40. The summed E-state index contributed by atoms with van der Waals surface area (Å²) >= 11 is 1.48. The number of hydrogen-bond donors (Lipinski definition) is 1. The molecule has 20 heavy (non-hydrogen) atoms. The maximum Gasteiger partial charge on any atom is 0.240 e. The van der Waals surface area contributed by atoms with Crippen LogP contribution in [0.15, 0.2) is 46.7 Å². The molecule has 2 rings (SSSR count). The van der Waals surface area contributed by atoms with Crippen molar-refractivity contribution in [3.8, 4) is 0 Å². The molecule has 0 bridgehead atoms. The van der Waals surface area contributed by atoms with E-state index in [0.29, 0.717) is 6.54 Å². The summed E-state index contributed by atoms with van der Waals surface area (Å²) in [5, 5.41) is 8.55. The van der Waals surface area contributed by atoms with Crippen LogP contribution in [0.2, 0.25) is 0 Å². The number of nitrogens with zero attached hydrogens (tertiary/aromatic N) is 3. The summed E-state index contributed by atoms with van der Waals surface area (Å²) in [6.45, 7) is 2.27. The number of nitrogens with one attached hydrogen (secondary N) is 1. The van der Waals surface area contributed by atoms with Gasteiger partial charge in [-0.05, 0) is 12.1 Å². The first-order valence-electron chi connectivity index (χ1n) is 6.04. The number of benzene rings is 1. The molecule has 8 heteroatoms. The lowest BCUT2D eigenvalue weighted by Crippen LogP contribution is -2.29. The maximum absolute atomic E-state index is 12.1. The molecule has 1 aromatic heterocycles. The molecule has 108 valence electrons. The predicted octanol–water partition coefficient (Wildman–Crippen LogP) is 1.27. The van der Waals surface area contributed by atoms with Gasteiger partial charge in [-0.3, -0.25) is 0 Å². The summed E-state index contributed by atoms with van der Waals surface area (Å²) in [6.07, 6.45) is 1.61. The molecule has 0 radical (unpaired) electrons. The number of aryl methyl sites for hydroxylation is 1. The van der Waals surface area contributed by atoms with Gasteiger partial charge in [-0.2, -0.15) is 0 Å². The minimum atomic E-state index is -3.45. The van der Waals surface area contributed by atoms with Gasteiger partial charge in [0.2, 0.25) is 10.0 Å². The van der Waals surface area contributed by atoms with Crippen molar-refractivity contribution in [1.29, 1.82) is 0 Å². The lowest BCUT2D eigenvalue weighted by molar-refractivity contribution is 0.581. The summed E-state index contributed by atoms with van der Waals surface area (Å²) < 4.78 is 28.5. The third kappa shape index (κ3) is 3.81. The molecule has 0 aliphatic carbocycles. The highest BCUT2D eigenvalue weighted by atomic mass is 32.2. The quantitative estimate of drug-likeness (QED) is 0.813. The number of sulfonamides is 1. The molecule has 0 fully saturated rings. The van der Waals surface area contributed by atoms with Gasteiger partial charge in [-0.25, -0.2) is 13.1 Å². The Bertz CT molecular complexity index is 655. The second-order valence-electron chi connectivity index (χ2n) is 4.32. The summed E-state index contributed by atoms with van der Waals surface area (Å²) in [4.78, 5) is 0.274. The van der Waals surface area contributed by atoms with E-state index < -0.39 is 10.0 Å². The monoisotopic (exact) mass is 312 g/mol. The zero-order valence-electron chi connectivity index (χ0n) is 11.2. The van der Waals surface area contributed by atoms with E-state index in [-0.39, 0.29) is 10.1 Å². The Kier molecular flexibility index (Phi) is 4.79. The van der Waals surface area contributed by atoms with E-state index in [2.05, 4.69) is 14.9 Å². The van der Waals surface area contributed by atoms with E-state index >= 15 is 0 Å². The smallest absolute Gasteiger partial charge is 0.240 e. The van der Waals surface area contributed by atoms with Crippen LogP contribution in [0.25, 0.3) is 0 Å². The molecule has 1 aromatic carbocycles. The molecule has 0 aliphatic rings. The number of aromatic nitrogens is 3. The van der Waals surface area contributed by atoms with E-state index in [1.54, 1.807) is 41.2 Å². The number of hydrogen-bond acceptors (Lipinski definition) is 5. The van der Waals surface area contributed by atoms with Gasteiger partial charge in [0.15, 0.2) is 5.16 Å². The van der Waals surface area contributed by atoms with E-state index in [1.807, 2.05) is 14.0 Å². The Balaban J connectivity index is 1.93. The van der Waals surface area contributed by atoms with Crippen molar-refractivity contribution < 1.29 is 8.42 Å². The van der Waals surface area contributed by atoms with Gasteiger partial charge in [0.25, 0.3) is 0 Å². The molecule has 0 aliphatic heterocycles. The molecule has 1 heterocycles. The fourth-order valence-electron chi connectivity index (χ4n) is 1.51. The summed E-state index contributed by atoms with van der Waals surface area (Å²) in [6, 6.07) is 8.33. The van der Waals surface area contributed by atoms with E-state index in [1.165, 1.54) is 11.8 Å². The van der Waals surface area contributed by atoms with Crippen LogP contribution in [-0.4, -0.2) is 35.0 Å². The molecule has 6 nitrogen and oxygen atoms in total. The summed E-state index contributed by atoms with van der Waals surface area (Å²) in [5.41, 5.74) is 0. The molecule has 2 aromatic rings. The van der Waals surface area contributed by atoms with Gasteiger partial charge in [0.05, 0.1) is 4.90 Å². The average Bonchev–Trinajstić information content (AvgIpc) is 2.83. The second kappa shape index (κ2) is 6.38. The van der Waals surface area contributed by atoms with Crippen molar-refractivity contribution in [2.45, 2.75) is 22.2 Å². The van der Waals surface area contributed by atoms with Gasteiger partial charge in [-0.1, -0.05) is 36.9 Å². The molecular formula is C12H16N4O2S2. The van der Waals surface area contributed by atoms with Gasteiger partial charge >= 0.3 is 0 Å². The second-order valence-corrected chi connectivity index (χ2v) is 7.49. The first kappa shape index (κ1) is 15.0. The van der Waals surface area contributed by atoms with E-state index in [9.17, 15) is 8.42 Å². The zero-order valence-corrected chi connectivity index (χ0v) is 12.9. The van der Waals surface area contributed by atoms with Crippen LogP contribution in [0.5, 0.6) is 0 Å². The Morgan fingerprint density at radius 3 is 2.65 bits per heavy atom. The molecule has 0 amide bonds.